The summed E-state index contributed by atoms with van der Waals surface area (Å²) in [5, 5.41) is 5.86. The Kier molecular flexibility index (Phi) is 5.80. The first-order chi connectivity index (χ1) is 13.3. The van der Waals surface area contributed by atoms with Gasteiger partial charge in [-0.3, -0.25) is 9.10 Å². The first-order valence-electron chi connectivity index (χ1n) is 8.49. The molecule has 28 heavy (non-hydrogen) atoms. The van der Waals surface area contributed by atoms with Crippen LogP contribution in [0.2, 0.25) is 0 Å². The largest absolute Gasteiger partial charge is 0.337 e. The van der Waals surface area contributed by atoms with Crippen LogP contribution in [0, 0.1) is 0 Å². The molecule has 0 spiro atoms. The molecule has 3 rings (SSSR count). The lowest BCUT2D eigenvalue weighted by Crippen LogP contribution is -2.29. The number of rotatable bonds is 7. The van der Waals surface area contributed by atoms with E-state index in [4.69, 9.17) is 4.52 Å². The predicted octanol–water partition coefficient (Wildman–Crippen LogP) is 2.86. The van der Waals surface area contributed by atoms with Crippen LogP contribution >= 0.6 is 11.3 Å². The zero-order valence-electron chi connectivity index (χ0n) is 15.7. The maximum absolute atomic E-state index is 12.6. The van der Waals surface area contributed by atoms with Gasteiger partial charge in [-0.1, -0.05) is 11.2 Å². The third kappa shape index (κ3) is 4.39. The van der Waals surface area contributed by atoms with Crippen molar-refractivity contribution in [2.45, 2.75) is 13.5 Å². The van der Waals surface area contributed by atoms with Gasteiger partial charge in [0.25, 0.3) is 5.91 Å². The molecule has 3 aromatic rings. The van der Waals surface area contributed by atoms with E-state index in [0.717, 1.165) is 11.1 Å². The molecule has 0 unspecified atom stereocenters. The minimum Gasteiger partial charge on any atom is -0.337 e. The molecule has 8 nitrogen and oxygen atoms in total. The van der Waals surface area contributed by atoms with Crippen LogP contribution in [0.1, 0.15) is 23.2 Å². The van der Waals surface area contributed by atoms with Crippen molar-refractivity contribution in [3.8, 4) is 10.7 Å². The van der Waals surface area contributed by atoms with Gasteiger partial charge in [0, 0.05) is 19.2 Å². The zero-order chi connectivity index (χ0) is 20.3. The number of carbonyl (C=O) groups excluding carboxylic acids is 1. The van der Waals surface area contributed by atoms with E-state index in [1.807, 2.05) is 17.5 Å². The molecule has 0 bridgehead atoms. The lowest BCUT2D eigenvalue weighted by Gasteiger charge is -2.21. The molecule has 0 aliphatic carbocycles. The number of sulfonamides is 1. The van der Waals surface area contributed by atoms with Gasteiger partial charge < -0.3 is 9.42 Å². The number of thiophene rings is 1. The van der Waals surface area contributed by atoms with Gasteiger partial charge in [0.1, 0.15) is 0 Å². The fourth-order valence-corrected chi connectivity index (χ4v) is 4.32. The standard InChI is InChI=1S/C18H20N4O4S2/c1-4-22(28(3,24)25)14-9-7-13(8-10-14)18(23)21(2)12-16-19-17(20-26-16)15-6-5-11-27-15/h5-11H,4,12H2,1-3H3. The molecule has 2 aromatic heterocycles. The Morgan fingerprint density at radius 2 is 1.93 bits per heavy atom. The van der Waals surface area contributed by atoms with Crippen molar-refractivity contribution in [2.75, 3.05) is 24.2 Å². The summed E-state index contributed by atoms with van der Waals surface area (Å²) in [5.41, 5.74) is 0.954. The molecule has 0 aliphatic rings. The monoisotopic (exact) mass is 420 g/mol. The molecule has 148 valence electrons. The molecular weight excluding hydrogens is 400 g/mol. The van der Waals surface area contributed by atoms with Gasteiger partial charge in [0.2, 0.25) is 21.7 Å². The van der Waals surface area contributed by atoms with Crippen LogP contribution < -0.4 is 4.31 Å². The van der Waals surface area contributed by atoms with E-state index in [1.165, 1.54) is 20.5 Å². The minimum absolute atomic E-state index is 0.170. The second-order valence-electron chi connectivity index (χ2n) is 6.12. The third-order valence-electron chi connectivity index (χ3n) is 4.02. The maximum Gasteiger partial charge on any atom is 0.254 e. The van der Waals surface area contributed by atoms with E-state index in [1.54, 1.807) is 38.2 Å². The average Bonchev–Trinajstić information content (AvgIpc) is 3.32. The van der Waals surface area contributed by atoms with E-state index in [-0.39, 0.29) is 12.5 Å². The van der Waals surface area contributed by atoms with Crippen LogP contribution in [0.3, 0.4) is 0 Å². The van der Waals surface area contributed by atoms with Crippen molar-refractivity contribution < 1.29 is 17.7 Å². The molecule has 0 saturated heterocycles. The normalized spacial score (nSPS) is 11.4. The Balaban J connectivity index is 1.70. The van der Waals surface area contributed by atoms with Crippen molar-refractivity contribution in [3.05, 3.63) is 53.2 Å². The third-order valence-corrected chi connectivity index (χ3v) is 6.15. The topological polar surface area (TPSA) is 96.6 Å². The molecule has 0 N–H and O–H groups in total. The smallest absolute Gasteiger partial charge is 0.254 e. The summed E-state index contributed by atoms with van der Waals surface area (Å²) in [6.07, 6.45) is 1.15. The lowest BCUT2D eigenvalue weighted by atomic mass is 10.2. The van der Waals surface area contributed by atoms with Crippen molar-refractivity contribution >= 4 is 33.0 Å². The second-order valence-corrected chi connectivity index (χ2v) is 8.98. The number of carbonyl (C=O) groups is 1. The highest BCUT2D eigenvalue weighted by Crippen LogP contribution is 2.22. The Labute approximate surface area is 167 Å². The maximum atomic E-state index is 12.6. The summed E-state index contributed by atoms with van der Waals surface area (Å²) < 4.78 is 30.1. The summed E-state index contributed by atoms with van der Waals surface area (Å²) in [6, 6.07) is 10.2. The Bertz CT molecular complexity index is 1040. The van der Waals surface area contributed by atoms with Gasteiger partial charge in [-0.15, -0.1) is 11.3 Å². The number of aromatic nitrogens is 2. The van der Waals surface area contributed by atoms with Crippen molar-refractivity contribution in [2.24, 2.45) is 0 Å². The highest BCUT2D eigenvalue weighted by Gasteiger charge is 2.19. The highest BCUT2D eigenvalue weighted by molar-refractivity contribution is 7.92. The van der Waals surface area contributed by atoms with E-state index >= 15 is 0 Å². The van der Waals surface area contributed by atoms with Crippen LogP contribution in [0.25, 0.3) is 10.7 Å². The lowest BCUT2D eigenvalue weighted by molar-refractivity contribution is 0.0769. The first kappa shape index (κ1) is 20.0. The van der Waals surface area contributed by atoms with Gasteiger partial charge in [0.15, 0.2) is 0 Å². The molecule has 10 heteroatoms. The SMILES string of the molecule is CCN(c1ccc(C(=O)N(C)Cc2nc(-c3cccs3)no2)cc1)S(C)(=O)=O. The van der Waals surface area contributed by atoms with Crippen LogP contribution in [-0.4, -0.2) is 49.2 Å². The fraction of sp³-hybridized carbons (Fsp3) is 0.278. The zero-order valence-corrected chi connectivity index (χ0v) is 17.3. The Morgan fingerprint density at radius 1 is 1.21 bits per heavy atom. The van der Waals surface area contributed by atoms with Gasteiger partial charge >= 0.3 is 0 Å². The number of nitrogens with zero attached hydrogens (tertiary/aromatic N) is 4. The number of hydrogen-bond donors (Lipinski definition) is 0. The van der Waals surface area contributed by atoms with Crippen LogP contribution in [0.15, 0.2) is 46.3 Å². The van der Waals surface area contributed by atoms with E-state index in [2.05, 4.69) is 10.1 Å². The van der Waals surface area contributed by atoms with Crippen LogP contribution in [0.5, 0.6) is 0 Å². The van der Waals surface area contributed by atoms with Crippen molar-refractivity contribution in [3.63, 3.8) is 0 Å². The number of benzene rings is 1. The predicted molar refractivity (Wildman–Crippen MR) is 108 cm³/mol. The molecule has 1 amide bonds. The number of amides is 1. The van der Waals surface area contributed by atoms with Crippen LogP contribution in [-0.2, 0) is 16.6 Å². The summed E-state index contributed by atoms with van der Waals surface area (Å²) in [6.45, 7) is 2.24. The first-order valence-corrected chi connectivity index (χ1v) is 11.2. The summed E-state index contributed by atoms with van der Waals surface area (Å²) >= 11 is 1.51. The van der Waals surface area contributed by atoms with Crippen LogP contribution in [0.4, 0.5) is 5.69 Å². The molecule has 0 fully saturated rings. The van der Waals surface area contributed by atoms with E-state index in [9.17, 15) is 13.2 Å². The quantitative estimate of drug-likeness (QED) is 0.583. The number of anilines is 1. The molecule has 0 atom stereocenters. The second kappa shape index (κ2) is 8.11. The van der Waals surface area contributed by atoms with Crippen molar-refractivity contribution in [1.82, 2.24) is 15.0 Å². The van der Waals surface area contributed by atoms with Gasteiger partial charge in [-0.05, 0) is 42.6 Å². The fourth-order valence-electron chi connectivity index (χ4n) is 2.70. The molecule has 2 heterocycles. The summed E-state index contributed by atoms with van der Waals surface area (Å²) in [4.78, 5) is 19.3. The van der Waals surface area contributed by atoms with E-state index in [0.29, 0.717) is 29.5 Å². The Morgan fingerprint density at radius 3 is 2.50 bits per heavy atom. The molecule has 1 aromatic carbocycles. The molecule has 0 saturated carbocycles. The Hall–Kier alpha value is -2.72. The van der Waals surface area contributed by atoms with Gasteiger partial charge in [-0.2, -0.15) is 4.98 Å². The van der Waals surface area contributed by atoms with E-state index < -0.39 is 10.0 Å². The minimum atomic E-state index is -3.36. The molecule has 0 radical (unpaired) electrons. The average molecular weight is 421 g/mol. The molecular formula is C18H20N4O4S2. The molecule has 0 aliphatic heterocycles. The highest BCUT2D eigenvalue weighted by atomic mass is 32.2. The van der Waals surface area contributed by atoms with Gasteiger partial charge in [-0.25, -0.2) is 8.42 Å². The number of hydrogen-bond acceptors (Lipinski definition) is 7. The van der Waals surface area contributed by atoms with Gasteiger partial charge in [0.05, 0.1) is 23.4 Å². The summed E-state index contributed by atoms with van der Waals surface area (Å²) in [5.74, 6) is 0.602. The van der Waals surface area contributed by atoms with Crippen molar-refractivity contribution in [1.29, 1.82) is 0 Å². The summed E-state index contributed by atoms with van der Waals surface area (Å²) in [7, 11) is -1.72.